The van der Waals surface area contributed by atoms with Crippen LogP contribution in [0.5, 0.6) is 0 Å². The number of carbonyl (C=O) groups is 2. The van der Waals surface area contributed by atoms with Crippen LogP contribution in [0.1, 0.15) is 37.4 Å². The summed E-state index contributed by atoms with van der Waals surface area (Å²) in [5.41, 5.74) is 4.25. The number of anilines is 2. The van der Waals surface area contributed by atoms with Crippen LogP contribution in [-0.2, 0) is 6.54 Å². The molecule has 128 valence electrons. The van der Waals surface area contributed by atoms with Crippen LogP contribution in [-0.4, -0.2) is 18.6 Å². The van der Waals surface area contributed by atoms with Gasteiger partial charge in [0, 0.05) is 36.1 Å². The van der Waals surface area contributed by atoms with Crippen LogP contribution in [0, 0.1) is 0 Å². The van der Waals surface area contributed by atoms with Crippen LogP contribution in [0.4, 0.5) is 11.4 Å². The van der Waals surface area contributed by atoms with E-state index in [0.717, 1.165) is 5.56 Å². The summed E-state index contributed by atoms with van der Waals surface area (Å²) in [6.07, 6.45) is 0. The molecular weight excluding hydrogens is 324 g/mol. The van der Waals surface area contributed by atoms with Gasteiger partial charge in [0.2, 0.25) is 0 Å². The third-order valence-electron chi connectivity index (χ3n) is 4.67. The van der Waals surface area contributed by atoms with Gasteiger partial charge in [-0.05, 0) is 17.7 Å². The smallest absolute Gasteiger partial charge is 0.196 e. The van der Waals surface area contributed by atoms with Gasteiger partial charge in [-0.1, -0.05) is 54.6 Å². The lowest BCUT2D eigenvalue weighted by Crippen LogP contribution is -2.23. The Balaban J connectivity index is 1.81. The van der Waals surface area contributed by atoms with Crippen molar-refractivity contribution in [3.05, 3.63) is 94.5 Å². The summed E-state index contributed by atoms with van der Waals surface area (Å²) in [4.78, 5) is 26.2. The molecular formula is C22H18N2O2. The van der Waals surface area contributed by atoms with Gasteiger partial charge in [0.15, 0.2) is 11.6 Å². The second kappa shape index (κ2) is 6.48. The summed E-state index contributed by atoms with van der Waals surface area (Å²) in [6.45, 7) is 0.579. The monoisotopic (exact) mass is 342 g/mol. The number of fused-ring (bicyclic) bond motifs is 2. The molecule has 0 bridgehead atoms. The van der Waals surface area contributed by atoms with Gasteiger partial charge in [-0.3, -0.25) is 9.59 Å². The summed E-state index contributed by atoms with van der Waals surface area (Å²) in [6, 6.07) is 20.6. The molecule has 4 rings (SSSR count). The largest absolute Gasteiger partial charge is 0.388 e. The Morgan fingerprint density at radius 2 is 1.23 bits per heavy atom. The van der Waals surface area contributed by atoms with Crippen LogP contribution in [0.3, 0.4) is 0 Å². The van der Waals surface area contributed by atoms with Gasteiger partial charge in [0.1, 0.15) is 0 Å². The lowest BCUT2D eigenvalue weighted by atomic mass is 9.82. The Bertz CT molecular complexity index is 1010. The van der Waals surface area contributed by atoms with E-state index in [-0.39, 0.29) is 11.6 Å². The minimum absolute atomic E-state index is 0.122. The predicted octanol–water partition coefficient (Wildman–Crippen LogP) is 4.12. The Hall–Kier alpha value is -3.40. The van der Waals surface area contributed by atoms with E-state index in [4.69, 9.17) is 0 Å². The number of ketones is 2. The average molecular weight is 342 g/mol. The Morgan fingerprint density at radius 3 is 1.85 bits per heavy atom. The molecule has 0 heterocycles. The topological polar surface area (TPSA) is 58.2 Å². The fourth-order valence-electron chi connectivity index (χ4n) is 3.37. The molecule has 0 aliphatic heterocycles. The Morgan fingerprint density at radius 1 is 0.692 bits per heavy atom. The number of benzene rings is 3. The van der Waals surface area contributed by atoms with Crippen LogP contribution in [0.15, 0.2) is 66.7 Å². The molecule has 4 nitrogen and oxygen atoms in total. The van der Waals surface area contributed by atoms with Crippen molar-refractivity contribution >= 4 is 22.9 Å². The molecule has 1 aliphatic rings. The molecule has 0 saturated carbocycles. The number of hydrogen-bond donors (Lipinski definition) is 2. The standard InChI is InChI=1S/C22H18N2O2/c1-23-17-11-12-18(24-13-14-7-3-2-4-8-14)20-19(17)21(25)15-9-5-6-10-16(15)22(20)26/h2-12,23-24H,13H2,1H3. The summed E-state index contributed by atoms with van der Waals surface area (Å²) < 4.78 is 0. The first-order valence-corrected chi connectivity index (χ1v) is 8.51. The Labute approximate surface area is 151 Å². The van der Waals surface area contributed by atoms with Crippen molar-refractivity contribution in [1.29, 1.82) is 0 Å². The lowest BCUT2D eigenvalue weighted by Gasteiger charge is -2.23. The van der Waals surface area contributed by atoms with Gasteiger partial charge in [-0.25, -0.2) is 0 Å². The molecule has 0 fully saturated rings. The van der Waals surface area contributed by atoms with Gasteiger partial charge < -0.3 is 10.6 Å². The zero-order valence-electron chi connectivity index (χ0n) is 14.4. The van der Waals surface area contributed by atoms with Crippen LogP contribution in [0.2, 0.25) is 0 Å². The quantitative estimate of drug-likeness (QED) is 0.586. The minimum atomic E-state index is -0.122. The normalized spacial score (nSPS) is 12.3. The first-order valence-electron chi connectivity index (χ1n) is 8.51. The summed E-state index contributed by atoms with van der Waals surface area (Å²) in [5, 5.41) is 6.36. The predicted molar refractivity (Wildman–Crippen MR) is 103 cm³/mol. The molecule has 2 N–H and O–H groups in total. The number of nitrogens with one attached hydrogen (secondary N) is 2. The second-order valence-corrected chi connectivity index (χ2v) is 6.20. The van der Waals surface area contributed by atoms with Crippen molar-refractivity contribution in [2.24, 2.45) is 0 Å². The molecule has 1 aliphatic carbocycles. The summed E-state index contributed by atoms with van der Waals surface area (Å²) in [7, 11) is 1.75. The SMILES string of the molecule is CNc1ccc(NCc2ccccc2)c2c1C(=O)c1ccccc1C2=O. The van der Waals surface area contributed by atoms with Crippen LogP contribution < -0.4 is 10.6 Å². The molecule has 0 atom stereocenters. The molecule has 0 radical (unpaired) electrons. The highest BCUT2D eigenvalue weighted by molar-refractivity contribution is 6.31. The van der Waals surface area contributed by atoms with E-state index in [1.807, 2.05) is 42.5 Å². The maximum absolute atomic E-state index is 13.1. The highest BCUT2D eigenvalue weighted by atomic mass is 16.1. The third kappa shape index (κ3) is 2.56. The van der Waals surface area contributed by atoms with Crippen LogP contribution >= 0.6 is 0 Å². The maximum atomic E-state index is 13.1. The molecule has 4 heteroatoms. The highest BCUT2D eigenvalue weighted by Crippen LogP contribution is 2.36. The van der Waals surface area contributed by atoms with Gasteiger partial charge in [-0.2, -0.15) is 0 Å². The molecule has 26 heavy (non-hydrogen) atoms. The molecule has 0 saturated heterocycles. The zero-order chi connectivity index (χ0) is 18.1. The van der Waals surface area contributed by atoms with Crippen molar-refractivity contribution in [3.8, 4) is 0 Å². The fraction of sp³-hybridized carbons (Fsp3) is 0.0909. The van der Waals surface area contributed by atoms with E-state index in [9.17, 15) is 9.59 Å². The zero-order valence-corrected chi connectivity index (χ0v) is 14.4. The summed E-state index contributed by atoms with van der Waals surface area (Å²) in [5.74, 6) is -0.245. The second-order valence-electron chi connectivity index (χ2n) is 6.20. The van der Waals surface area contributed by atoms with Crippen LogP contribution in [0.25, 0.3) is 0 Å². The lowest BCUT2D eigenvalue weighted by molar-refractivity contribution is 0.0980. The molecule has 3 aromatic carbocycles. The van der Waals surface area contributed by atoms with Crippen molar-refractivity contribution in [3.63, 3.8) is 0 Å². The van der Waals surface area contributed by atoms with Crippen molar-refractivity contribution in [2.75, 3.05) is 17.7 Å². The van der Waals surface area contributed by atoms with E-state index in [1.54, 1.807) is 31.3 Å². The van der Waals surface area contributed by atoms with Crippen molar-refractivity contribution in [1.82, 2.24) is 0 Å². The first-order chi connectivity index (χ1) is 12.7. The third-order valence-corrected chi connectivity index (χ3v) is 4.67. The number of hydrogen-bond acceptors (Lipinski definition) is 4. The van der Waals surface area contributed by atoms with Gasteiger partial charge in [0.05, 0.1) is 11.1 Å². The van der Waals surface area contributed by atoms with Gasteiger partial charge in [0.25, 0.3) is 0 Å². The van der Waals surface area contributed by atoms with E-state index < -0.39 is 0 Å². The first kappa shape index (κ1) is 16.1. The fourth-order valence-corrected chi connectivity index (χ4v) is 3.37. The summed E-state index contributed by atoms with van der Waals surface area (Å²) >= 11 is 0. The Kier molecular flexibility index (Phi) is 4.01. The van der Waals surface area contributed by atoms with E-state index in [1.165, 1.54) is 0 Å². The molecule has 3 aromatic rings. The van der Waals surface area contributed by atoms with Crippen molar-refractivity contribution in [2.45, 2.75) is 6.54 Å². The van der Waals surface area contributed by atoms with Gasteiger partial charge >= 0.3 is 0 Å². The highest BCUT2D eigenvalue weighted by Gasteiger charge is 2.33. The molecule has 0 spiro atoms. The van der Waals surface area contributed by atoms with E-state index in [0.29, 0.717) is 40.2 Å². The van der Waals surface area contributed by atoms with Gasteiger partial charge in [-0.15, -0.1) is 0 Å². The molecule has 0 aromatic heterocycles. The number of carbonyl (C=O) groups excluding carboxylic acids is 2. The maximum Gasteiger partial charge on any atom is 0.196 e. The molecule has 0 unspecified atom stereocenters. The van der Waals surface area contributed by atoms with E-state index >= 15 is 0 Å². The minimum Gasteiger partial charge on any atom is -0.388 e. The average Bonchev–Trinajstić information content (AvgIpc) is 2.70. The molecule has 0 amide bonds. The van der Waals surface area contributed by atoms with E-state index in [2.05, 4.69) is 10.6 Å². The van der Waals surface area contributed by atoms with Crippen molar-refractivity contribution < 1.29 is 9.59 Å². The number of rotatable bonds is 4.